The van der Waals surface area contributed by atoms with Gasteiger partial charge in [-0.05, 0) is 260 Å². The summed E-state index contributed by atoms with van der Waals surface area (Å²) in [5, 5.41) is 4.49. The van der Waals surface area contributed by atoms with Gasteiger partial charge in [-0.2, -0.15) is 0 Å². The van der Waals surface area contributed by atoms with Gasteiger partial charge in [0.2, 0.25) is 0 Å². The minimum absolute atomic E-state index is 0.394. The number of hydrogen-bond donors (Lipinski definition) is 0. The van der Waals surface area contributed by atoms with E-state index in [4.69, 9.17) is 8.83 Å². The van der Waals surface area contributed by atoms with Crippen molar-refractivity contribution in [2.45, 2.75) is 19.3 Å². The number of furan rings is 2. The summed E-state index contributed by atoms with van der Waals surface area (Å²) in [7, 11) is 0. The van der Waals surface area contributed by atoms with E-state index in [1.54, 1.807) is 0 Å². The Balaban J connectivity index is 0.559. The first-order valence-electron chi connectivity index (χ1n) is 43.2. The molecule has 0 N–H and O–H groups in total. The number of thiophene rings is 2. The third kappa shape index (κ3) is 14.1. The van der Waals surface area contributed by atoms with E-state index in [0.29, 0.717) is 0 Å². The van der Waals surface area contributed by atoms with Crippen molar-refractivity contribution in [2.75, 3.05) is 19.6 Å². The highest BCUT2D eigenvalue weighted by atomic mass is 32.1. The maximum Gasteiger partial charge on any atom is 0.143 e. The molecule has 18 aromatic carbocycles. The lowest BCUT2D eigenvalue weighted by molar-refractivity contribution is 0.660. The van der Waals surface area contributed by atoms with Crippen LogP contribution in [0.5, 0.6) is 0 Å². The monoisotopic (exact) mass is 1660 g/mol. The van der Waals surface area contributed by atoms with Gasteiger partial charge in [-0.3, -0.25) is 0 Å². The Bertz CT molecular complexity index is 7310. The van der Waals surface area contributed by atoms with E-state index >= 15 is 0 Å². The van der Waals surface area contributed by atoms with E-state index in [9.17, 15) is 0 Å². The Morgan fingerprint density at radius 2 is 0.417 bits per heavy atom. The summed E-state index contributed by atoms with van der Waals surface area (Å²) >= 11 is 3.65. The number of fused-ring (bicyclic) bond motifs is 9. The van der Waals surface area contributed by atoms with Crippen LogP contribution in [-0.2, 0) is 5.41 Å². The van der Waals surface area contributed by atoms with E-state index < -0.39 is 5.41 Å². The Hall–Kier alpha value is -15.8. The molecule has 0 spiro atoms. The Labute approximate surface area is 746 Å². The molecular weight excluding hydrogens is 1580 g/mol. The van der Waals surface area contributed by atoms with Crippen LogP contribution in [0.15, 0.2) is 470 Å². The lowest BCUT2D eigenvalue weighted by atomic mass is 9.82. The topological polar surface area (TPSA) is 39.2 Å². The fourth-order valence-electron chi connectivity index (χ4n) is 18.7. The molecule has 4 aromatic heterocycles. The molecule has 0 saturated carbocycles. The maximum atomic E-state index is 6.49. The summed E-state index contributed by atoms with van der Waals surface area (Å²) in [5.74, 6) is 0. The zero-order valence-electron chi connectivity index (χ0n) is 69.8. The van der Waals surface area contributed by atoms with Crippen molar-refractivity contribution in [1.82, 2.24) is 0 Å². The van der Waals surface area contributed by atoms with Gasteiger partial charge in [-0.15, -0.1) is 22.7 Å². The molecule has 23 rings (SSSR count). The van der Waals surface area contributed by atoms with Crippen LogP contribution in [0.4, 0.5) is 68.2 Å². The van der Waals surface area contributed by atoms with Crippen LogP contribution in [-0.4, -0.2) is 0 Å². The SMILES string of the molecule is CC1(C)c2cc(N(c3ccc(-c4ccc(N(c5ccccc5)c5ccc(-c6cccc7c6oc6ccccc67)cc5)cc4)cc3)c3ccc(-c4ccc(-c5ccccc5)s4)cc3)ccc2-c2ccc(N(c3ccc(-c4ccc(N(c5ccccc5)c5ccc(-c6cccc7c6oc6ccccc67)cc5)cc4)cc3)c3ccc(-c4ccc(-c5ccccc5)s4)cc3)cc21. The molecule has 0 atom stereocenters. The summed E-state index contributed by atoms with van der Waals surface area (Å²) < 4.78 is 13.0. The maximum absolute atomic E-state index is 6.49. The summed E-state index contributed by atoms with van der Waals surface area (Å²) in [4.78, 5) is 14.5. The van der Waals surface area contributed by atoms with Gasteiger partial charge < -0.3 is 28.4 Å². The Morgan fingerprint density at radius 3 is 0.732 bits per heavy atom. The summed E-state index contributed by atoms with van der Waals surface area (Å²) in [6.45, 7) is 4.80. The standard InChI is InChI=1S/C119H82N4O2S2/c1-119(2)109-77-99(122(97-65-49-87(50-66-97)115-75-73-113(126-115)85-21-7-3-8-22-85)95-57-41-81(42-58-95)79-37-53-91(54-38-79)120(89-25-11-5-12-26-89)93-61-45-83(46-62-93)101-31-19-33-107-105-29-15-17-35-111(105)124-117(101)107)69-71-103(109)104-72-70-100(78-110(104)119)123(98-67-51-88(52-68-98)116-76-74-114(127-116)86-23-9-4-10-24-86)96-59-43-82(44-60-96)80-39-55-92(56-40-80)121(90-27-13-6-14-28-90)94-63-47-84(48-64-94)102-32-20-34-108-106-30-16-18-36-112(106)125-118(102)108/h3-78H,1-2H3. The van der Waals surface area contributed by atoms with Crippen molar-refractivity contribution < 1.29 is 8.83 Å². The number of rotatable bonds is 20. The first-order chi connectivity index (χ1) is 62.7. The Morgan fingerprint density at radius 1 is 0.181 bits per heavy atom. The fourth-order valence-corrected chi connectivity index (χ4v) is 20.8. The minimum atomic E-state index is -0.394. The number of nitrogens with zero attached hydrogens (tertiary/aromatic N) is 4. The van der Waals surface area contributed by atoms with Crippen molar-refractivity contribution in [3.8, 4) is 97.4 Å². The Kier molecular flexibility index (Phi) is 19.2. The third-order valence-corrected chi connectivity index (χ3v) is 27.6. The predicted molar refractivity (Wildman–Crippen MR) is 537 cm³/mol. The van der Waals surface area contributed by atoms with E-state index in [2.05, 4.69) is 470 Å². The second kappa shape index (κ2) is 32.1. The fraction of sp³-hybridized carbons (Fsp3) is 0.0252. The van der Waals surface area contributed by atoms with Crippen LogP contribution in [0.3, 0.4) is 0 Å². The molecule has 127 heavy (non-hydrogen) atoms. The molecular formula is C119H82N4O2S2. The zero-order chi connectivity index (χ0) is 84.5. The quantitative estimate of drug-likeness (QED) is 0.0757. The first kappa shape index (κ1) is 76.1. The number of benzene rings is 18. The average Bonchev–Trinajstić information content (AvgIpc) is 1.61. The molecule has 0 radical (unpaired) electrons. The number of anilines is 12. The minimum Gasteiger partial charge on any atom is -0.455 e. The molecule has 4 heterocycles. The van der Waals surface area contributed by atoms with E-state index in [0.717, 1.165) is 157 Å². The molecule has 0 bridgehead atoms. The van der Waals surface area contributed by atoms with Gasteiger partial charge in [-0.1, -0.05) is 293 Å². The van der Waals surface area contributed by atoms with Gasteiger partial charge >= 0.3 is 0 Å². The van der Waals surface area contributed by atoms with E-state index in [1.807, 2.05) is 46.9 Å². The molecule has 22 aromatic rings. The summed E-state index contributed by atoms with van der Waals surface area (Å²) in [5.41, 5.74) is 34.7. The van der Waals surface area contributed by atoms with E-state index in [1.165, 1.54) is 64.0 Å². The highest BCUT2D eigenvalue weighted by Crippen LogP contribution is 2.54. The molecule has 1 aliphatic carbocycles. The average molecular weight is 1660 g/mol. The van der Waals surface area contributed by atoms with Crippen LogP contribution in [0.1, 0.15) is 25.0 Å². The molecule has 6 nitrogen and oxygen atoms in total. The smallest absolute Gasteiger partial charge is 0.143 e. The highest BCUT2D eigenvalue weighted by molar-refractivity contribution is 7.19. The van der Waals surface area contributed by atoms with Crippen molar-refractivity contribution in [2.24, 2.45) is 0 Å². The van der Waals surface area contributed by atoms with Crippen LogP contribution < -0.4 is 19.6 Å². The molecule has 0 unspecified atom stereocenters. The van der Waals surface area contributed by atoms with Gasteiger partial charge in [-0.25, -0.2) is 0 Å². The molecule has 1 aliphatic rings. The van der Waals surface area contributed by atoms with Crippen molar-refractivity contribution >= 4 is 135 Å². The number of para-hydroxylation sites is 6. The summed E-state index contributed by atoms with van der Waals surface area (Å²) in [6, 6.07) is 167. The summed E-state index contributed by atoms with van der Waals surface area (Å²) in [6.07, 6.45) is 0. The van der Waals surface area contributed by atoms with Crippen molar-refractivity contribution in [1.29, 1.82) is 0 Å². The van der Waals surface area contributed by atoms with Gasteiger partial charge in [0.15, 0.2) is 0 Å². The molecule has 0 saturated heterocycles. The normalized spacial score (nSPS) is 12.1. The number of hydrogen-bond acceptors (Lipinski definition) is 8. The van der Waals surface area contributed by atoms with Gasteiger partial charge in [0.25, 0.3) is 0 Å². The molecule has 0 amide bonds. The third-order valence-electron chi connectivity index (χ3n) is 25.2. The van der Waals surface area contributed by atoms with Crippen molar-refractivity contribution in [3.05, 3.63) is 472 Å². The lowest BCUT2D eigenvalue weighted by Gasteiger charge is -2.29. The predicted octanol–water partition coefficient (Wildman–Crippen LogP) is 35.1. The molecule has 0 fully saturated rings. The molecule has 0 aliphatic heterocycles. The van der Waals surface area contributed by atoms with Gasteiger partial charge in [0.1, 0.15) is 22.3 Å². The lowest BCUT2D eigenvalue weighted by Crippen LogP contribution is -2.17. The van der Waals surface area contributed by atoms with Crippen LogP contribution in [0, 0.1) is 0 Å². The first-order valence-corrected chi connectivity index (χ1v) is 44.9. The van der Waals surface area contributed by atoms with Gasteiger partial charge in [0, 0.05) is 126 Å². The molecule has 602 valence electrons. The van der Waals surface area contributed by atoms with Crippen LogP contribution in [0.25, 0.3) is 141 Å². The van der Waals surface area contributed by atoms with Gasteiger partial charge in [0.05, 0.1) is 0 Å². The largest absolute Gasteiger partial charge is 0.455 e. The van der Waals surface area contributed by atoms with Crippen molar-refractivity contribution in [3.63, 3.8) is 0 Å². The van der Waals surface area contributed by atoms with Crippen LogP contribution >= 0.6 is 22.7 Å². The second-order valence-electron chi connectivity index (χ2n) is 33.1. The molecule has 8 heteroatoms. The highest BCUT2D eigenvalue weighted by Gasteiger charge is 2.37. The van der Waals surface area contributed by atoms with E-state index in [-0.39, 0.29) is 0 Å². The second-order valence-corrected chi connectivity index (χ2v) is 35.3. The van der Waals surface area contributed by atoms with Crippen LogP contribution in [0.2, 0.25) is 0 Å². The zero-order valence-corrected chi connectivity index (χ0v) is 71.4.